The van der Waals surface area contributed by atoms with Gasteiger partial charge in [0.05, 0.1) is 5.56 Å². The minimum atomic E-state index is -0.451. The molecular weight excluding hydrogens is 292 g/mol. The van der Waals surface area contributed by atoms with Gasteiger partial charge in [-0.05, 0) is 31.2 Å². The number of aryl methyl sites for hydroxylation is 1. The molecule has 2 aromatic heterocycles. The summed E-state index contributed by atoms with van der Waals surface area (Å²) in [5.74, 6) is 0.663. The van der Waals surface area contributed by atoms with E-state index in [2.05, 4.69) is 20.3 Å². The van der Waals surface area contributed by atoms with Gasteiger partial charge in [-0.15, -0.1) is 0 Å². The van der Waals surface area contributed by atoms with Crippen LogP contribution in [0.25, 0.3) is 0 Å². The zero-order valence-corrected chi connectivity index (χ0v) is 12.4. The highest BCUT2D eigenvalue weighted by Crippen LogP contribution is 2.21. The van der Waals surface area contributed by atoms with Crippen LogP contribution in [-0.4, -0.2) is 20.9 Å². The lowest BCUT2D eigenvalue weighted by molar-refractivity contribution is 0.0734. The SMILES string of the molecule is Cc1cc(Nc2cccc(OC(=O)c3cccnc3)c2)ncn1. The van der Waals surface area contributed by atoms with Crippen molar-refractivity contribution in [1.29, 1.82) is 0 Å². The number of hydrogen-bond donors (Lipinski definition) is 1. The molecule has 23 heavy (non-hydrogen) atoms. The molecule has 3 aromatic rings. The second-order valence-corrected chi connectivity index (χ2v) is 4.83. The number of nitrogens with zero attached hydrogens (tertiary/aromatic N) is 3. The quantitative estimate of drug-likeness (QED) is 0.589. The zero-order valence-electron chi connectivity index (χ0n) is 12.4. The lowest BCUT2D eigenvalue weighted by Gasteiger charge is -2.08. The number of benzene rings is 1. The Kier molecular flexibility index (Phi) is 4.24. The van der Waals surface area contributed by atoms with Crippen molar-refractivity contribution in [1.82, 2.24) is 15.0 Å². The maximum Gasteiger partial charge on any atom is 0.345 e. The van der Waals surface area contributed by atoms with Gasteiger partial charge in [0.25, 0.3) is 0 Å². The summed E-state index contributed by atoms with van der Waals surface area (Å²) in [6.45, 7) is 1.89. The van der Waals surface area contributed by atoms with E-state index in [1.165, 1.54) is 12.5 Å². The molecule has 0 saturated carbocycles. The van der Waals surface area contributed by atoms with Gasteiger partial charge in [-0.3, -0.25) is 4.98 Å². The van der Waals surface area contributed by atoms with Crippen LogP contribution in [0.2, 0.25) is 0 Å². The lowest BCUT2D eigenvalue weighted by Crippen LogP contribution is -2.08. The molecule has 0 aliphatic heterocycles. The molecule has 2 heterocycles. The first-order chi connectivity index (χ1) is 11.2. The molecule has 3 rings (SSSR count). The third kappa shape index (κ3) is 3.88. The summed E-state index contributed by atoms with van der Waals surface area (Å²) in [7, 11) is 0. The van der Waals surface area contributed by atoms with Gasteiger partial charge in [0.15, 0.2) is 0 Å². The summed E-state index contributed by atoms with van der Waals surface area (Å²) in [6.07, 6.45) is 4.56. The van der Waals surface area contributed by atoms with Crippen LogP contribution in [0.4, 0.5) is 11.5 Å². The van der Waals surface area contributed by atoms with Crippen LogP contribution in [0.5, 0.6) is 5.75 Å². The molecule has 0 saturated heterocycles. The number of anilines is 2. The van der Waals surface area contributed by atoms with E-state index >= 15 is 0 Å². The van der Waals surface area contributed by atoms with Gasteiger partial charge in [0, 0.05) is 35.9 Å². The van der Waals surface area contributed by atoms with Crippen molar-refractivity contribution < 1.29 is 9.53 Å². The van der Waals surface area contributed by atoms with Gasteiger partial charge in [-0.2, -0.15) is 0 Å². The van der Waals surface area contributed by atoms with E-state index in [0.717, 1.165) is 11.4 Å². The van der Waals surface area contributed by atoms with Gasteiger partial charge in [0.1, 0.15) is 17.9 Å². The molecule has 6 nitrogen and oxygen atoms in total. The minimum Gasteiger partial charge on any atom is -0.423 e. The highest BCUT2D eigenvalue weighted by atomic mass is 16.5. The molecule has 6 heteroatoms. The Morgan fingerprint density at radius 3 is 2.83 bits per heavy atom. The van der Waals surface area contributed by atoms with Gasteiger partial charge in [0.2, 0.25) is 0 Å². The second kappa shape index (κ2) is 6.65. The fourth-order valence-electron chi connectivity index (χ4n) is 1.96. The van der Waals surface area contributed by atoms with Gasteiger partial charge >= 0.3 is 5.97 Å². The van der Waals surface area contributed by atoms with Crippen molar-refractivity contribution in [3.8, 4) is 5.75 Å². The van der Waals surface area contributed by atoms with Crippen molar-refractivity contribution in [3.05, 3.63) is 72.4 Å². The second-order valence-electron chi connectivity index (χ2n) is 4.83. The van der Waals surface area contributed by atoms with Gasteiger partial charge in [-0.25, -0.2) is 14.8 Å². The monoisotopic (exact) mass is 306 g/mol. The summed E-state index contributed by atoms with van der Waals surface area (Å²) in [6, 6.07) is 12.3. The highest BCUT2D eigenvalue weighted by Gasteiger charge is 2.08. The fourth-order valence-corrected chi connectivity index (χ4v) is 1.96. The van der Waals surface area contributed by atoms with Crippen molar-refractivity contribution in [3.63, 3.8) is 0 Å². The van der Waals surface area contributed by atoms with Crippen LogP contribution >= 0.6 is 0 Å². The molecule has 0 bridgehead atoms. The predicted octanol–water partition coefficient (Wildman–Crippen LogP) is 3.14. The average molecular weight is 306 g/mol. The largest absolute Gasteiger partial charge is 0.423 e. The highest BCUT2D eigenvalue weighted by molar-refractivity contribution is 5.90. The van der Waals surface area contributed by atoms with E-state index in [-0.39, 0.29) is 0 Å². The Labute approximate surface area is 133 Å². The Bertz CT molecular complexity index is 822. The number of aromatic nitrogens is 3. The molecule has 0 radical (unpaired) electrons. The Morgan fingerprint density at radius 2 is 2.04 bits per heavy atom. The molecule has 1 N–H and O–H groups in total. The summed E-state index contributed by atoms with van der Waals surface area (Å²) >= 11 is 0. The minimum absolute atomic E-state index is 0.400. The number of esters is 1. The van der Waals surface area contributed by atoms with Crippen LogP contribution < -0.4 is 10.1 Å². The molecule has 0 aliphatic carbocycles. The van der Waals surface area contributed by atoms with Crippen molar-refractivity contribution in [2.75, 3.05) is 5.32 Å². The normalized spacial score (nSPS) is 10.1. The fraction of sp³-hybridized carbons (Fsp3) is 0.0588. The van der Waals surface area contributed by atoms with Gasteiger partial charge in [-0.1, -0.05) is 6.07 Å². The van der Waals surface area contributed by atoms with Crippen LogP contribution in [0.1, 0.15) is 16.1 Å². The number of nitrogens with one attached hydrogen (secondary N) is 1. The van der Waals surface area contributed by atoms with Crippen LogP contribution in [0.3, 0.4) is 0 Å². The van der Waals surface area contributed by atoms with E-state index in [9.17, 15) is 4.79 Å². The third-order valence-electron chi connectivity index (χ3n) is 3.02. The lowest BCUT2D eigenvalue weighted by atomic mass is 10.2. The zero-order chi connectivity index (χ0) is 16.1. The Hall–Kier alpha value is -3.28. The summed E-state index contributed by atoms with van der Waals surface area (Å²) < 4.78 is 5.35. The maximum atomic E-state index is 12.0. The van der Waals surface area contributed by atoms with Crippen molar-refractivity contribution in [2.45, 2.75) is 6.92 Å². The number of ether oxygens (including phenoxy) is 1. The summed E-state index contributed by atoms with van der Waals surface area (Å²) in [5, 5.41) is 3.14. The van der Waals surface area contributed by atoms with E-state index in [1.807, 2.05) is 19.1 Å². The first-order valence-electron chi connectivity index (χ1n) is 6.99. The first-order valence-corrected chi connectivity index (χ1v) is 6.99. The number of pyridine rings is 1. The van der Waals surface area contributed by atoms with Gasteiger partial charge < -0.3 is 10.1 Å². The third-order valence-corrected chi connectivity index (χ3v) is 3.02. The molecule has 0 amide bonds. The Morgan fingerprint density at radius 1 is 1.13 bits per heavy atom. The number of carbonyl (C=O) groups is 1. The van der Waals surface area contributed by atoms with E-state index in [0.29, 0.717) is 17.1 Å². The molecule has 1 aromatic carbocycles. The maximum absolute atomic E-state index is 12.0. The molecule has 0 atom stereocenters. The predicted molar refractivity (Wildman–Crippen MR) is 85.7 cm³/mol. The van der Waals surface area contributed by atoms with Crippen LogP contribution in [-0.2, 0) is 0 Å². The summed E-state index contributed by atoms with van der Waals surface area (Å²) in [4.78, 5) is 24.1. The number of hydrogen-bond acceptors (Lipinski definition) is 6. The number of carbonyl (C=O) groups excluding carboxylic acids is 1. The smallest absolute Gasteiger partial charge is 0.345 e. The van der Waals surface area contributed by atoms with Crippen molar-refractivity contribution in [2.24, 2.45) is 0 Å². The molecule has 0 unspecified atom stereocenters. The number of rotatable bonds is 4. The molecule has 0 aliphatic rings. The Balaban J connectivity index is 1.74. The van der Waals surface area contributed by atoms with Crippen molar-refractivity contribution >= 4 is 17.5 Å². The standard InChI is InChI=1S/C17H14N4O2/c1-12-8-16(20-11-19-12)21-14-5-2-6-15(9-14)23-17(22)13-4-3-7-18-10-13/h2-11H,1H3,(H,19,20,21). The topological polar surface area (TPSA) is 77.0 Å². The molecule has 0 spiro atoms. The average Bonchev–Trinajstić information content (AvgIpc) is 2.56. The van der Waals surface area contributed by atoms with Crippen LogP contribution in [0.15, 0.2) is 61.2 Å². The molecular formula is C17H14N4O2. The summed E-state index contributed by atoms with van der Waals surface area (Å²) in [5.41, 5.74) is 2.03. The van der Waals surface area contributed by atoms with Crippen LogP contribution in [0, 0.1) is 6.92 Å². The van der Waals surface area contributed by atoms with E-state index < -0.39 is 5.97 Å². The first kappa shape index (κ1) is 14.6. The van der Waals surface area contributed by atoms with E-state index in [4.69, 9.17) is 4.74 Å². The molecule has 114 valence electrons. The molecule has 0 fully saturated rings. The van der Waals surface area contributed by atoms with E-state index in [1.54, 1.807) is 36.5 Å².